The van der Waals surface area contributed by atoms with Crippen LogP contribution in [0, 0.1) is 6.92 Å². The van der Waals surface area contributed by atoms with Gasteiger partial charge in [-0.05, 0) is 24.6 Å². The van der Waals surface area contributed by atoms with Crippen molar-refractivity contribution in [2.24, 2.45) is 0 Å². The normalized spacial score (nSPS) is 14.6. The molecule has 0 saturated carbocycles. The van der Waals surface area contributed by atoms with E-state index >= 15 is 0 Å². The smallest absolute Gasteiger partial charge is 0.264 e. The first kappa shape index (κ1) is 15.0. The maximum absolute atomic E-state index is 12.5. The van der Waals surface area contributed by atoms with Crippen molar-refractivity contribution in [2.75, 3.05) is 0 Å². The average molecular weight is 398 g/mol. The first-order chi connectivity index (χ1) is 14.3. The fraction of sp³-hybridized carbons (Fsp3) is 0.158. The fourth-order valence-electron chi connectivity index (χ4n) is 2.51. The third-order valence-corrected chi connectivity index (χ3v) is 5.05. The van der Waals surface area contributed by atoms with Gasteiger partial charge < -0.3 is 4.52 Å². The molecule has 1 radical (unpaired) electrons. The van der Waals surface area contributed by atoms with Gasteiger partial charge in [-0.1, -0.05) is 54.5 Å². The number of carbonyl (C=O) groups excluding carboxylic acids is 1. The Balaban J connectivity index is 0.00000363. The molecule has 0 aliphatic rings. The summed E-state index contributed by atoms with van der Waals surface area (Å²) < 4.78 is 67.7. The number of sulfonamides is 1. The molecule has 2 aromatic carbocycles. The Hall–Kier alpha value is -1.93. The van der Waals surface area contributed by atoms with Crippen LogP contribution in [0.25, 0.3) is 22.4 Å². The summed E-state index contributed by atoms with van der Waals surface area (Å²) in [4.78, 5) is 11.6. The topological polar surface area (TPSA) is 89.3 Å². The summed E-state index contributed by atoms with van der Waals surface area (Å²) in [6, 6.07) is 14.7. The van der Waals surface area contributed by atoms with E-state index in [0.29, 0.717) is 22.6 Å². The summed E-state index contributed by atoms with van der Waals surface area (Å²) >= 11 is 0. The number of nitrogens with zero attached hydrogens (tertiary/aromatic N) is 1. The third-order valence-electron chi connectivity index (χ3n) is 3.70. The van der Waals surface area contributed by atoms with Gasteiger partial charge >= 0.3 is 0 Å². The molecular formula is C19H18N2NaO4S. The summed E-state index contributed by atoms with van der Waals surface area (Å²) in [5, 5.41) is 4.08. The monoisotopic (exact) mass is 398 g/mol. The minimum absolute atomic E-state index is 0. The van der Waals surface area contributed by atoms with Gasteiger partial charge in [0.1, 0.15) is 11.5 Å². The van der Waals surface area contributed by atoms with Crippen LogP contribution >= 0.6 is 0 Å². The van der Waals surface area contributed by atoms with E-state index in [0.717, 1.165) is 5.56 Å². The van der Waals surface area contributed by atoms with Crippen LogP contribution in [0.1, 0.15) is 25.8 Å². The molecule has 1 N–H and O–H groups in total. The van der Waals surface area contributed by atoms with Crippen molar-refractivity contribution in [3.63, 3.8) is 0 Å². The van der Waals surface area contributed by atoms with Crippen molar-refractivity contribution < 1.29 is 24.6 Å². The van der Waals surface area contributed by atoms with Gasteiger partial charge in [-0.25, -0.2) is 13.1 Å². The van der Waals surface area contributed by atoms with Crippen LogP contribution in [-0.2, 0) is 14.8 Å². The maximum atomic E-state index is 12.5. The molecule has 0 atom stereocenters. The Bertz CT molecular complexity index is 1210. The van der Waals surface area contributed by atoms with Gasteiger partial charge in [-0.15, -0.1) is 0 Å². The first-order valence-corrected chi connectivity index (χ1v) is 9.02. The van der Waals surface area contributed by atoms with Crippen molar-refractivity contribution >= 4 is 45.5 Å². The number of hydrogen-bond donors (Lipinski definition) is 1. The van der Waals surface area contributed by atoms with Gasteiger partial charge in [-0.3, -0.25) is 4.79 Å². The van der Waals surface area contributed by atoms with Crippen LogP contribution in [-0.4, -0.2) is 49.0 Å². The molecule has 3 rings (SSSR count). The SMILES string of the molecule is [2H]C([2H])([2H])C([2H])([2H])C(=O)NS(=O)(=O)c1ccc(-c2c(-c3ccccc3)noc2C)cc1.[Na]. The molecule has 0 unspecified atom stereocenters. The molecule has 1 heterocycles. The molecule has 0 aliphatic heterocycles. The van der Waals surface area contributed by atoms with E-state index in [1.54, 1.807) is 6.92 Å². The van der Waals surface area contributed by atoms with Crippen molar-refractivity contribution in [1.82, 2.24) is 9.88 Å². The zero-order valence-electron chi connectivity index (χ0n) is 19.7. The van der Waals surface area contributed by atoms with E-state index in [-0.39, 0.29) is 34.5 Å². The molecule has 0 aliphatic carbocycles. The van der Waals surface area contributed by atoms with Crippen molar-refractivity contribution in [3.8, 4) is 22.4 Å². The minimum atomic E-state index is -4.49. The quantitative estimate of drug-likeness (QED) is 0.667. The zero-order chi connectivity index (χ0) is 23.0. The van der Waals surface area contributed by atoms with Crippen molar-refractivity contribution in [2.45, 2.75) is 25.0 Å². The van der Waals surface area contributed by atoms with Crippen LogP contribution < -0.4 is 4.72 Å². The molecule has 0 fully saturated rings. The summed E-state index contributed by atoms with van der Waals surface area (Å²) in [7, 11) is -4.49. The van der Waals surface area contributed by atoms with Crippen molar-refractivity contribution in [3.05, 3.63) is 60.4 Å². The van der Waals surface area contributed by atoms with Gasteiger partial charge in [0.25, 0.3) is 10.0 Å². The van der Waals surface area contributed by atoms with Gasteiger partial charge in [0, 0.05) is 48.3 Å². The van der Waals surface area contributed by atoms with Crippen LogP contribution in [0.15, 0.2) is 64.0 Å². The largest absolute Gasteiger partial charge is 0.360 e. The summed E-state index contributed by atoms with van der Waals surface area (Å²) in [5.74, 6) is -1.24. The van der Waals surface area contributed by atoms with E-state index in [4.69, 9.17) is 11.4 Å². The molecule has 6 nitrogen and oxygen atoms in total. The Morgan fingerprint density at radius 3 is 2.44 bits per heavy atom. The molecule has 8 heteroatoms. The molecule has 3 aromatic rings. The Labute approximate surface area is 187 Å². The number of amides is 1. The standard InChI is InChI=1S/C19H18N2O4S.Na/c1-3-17(22)21-26(23,24)16-11-9-14(10-12-16)18-13(2)25-20-19(18)15-7-5-4-6-8-15;/h4-12H,3H2,1-2H3,(H,21,22);/i1D3,3D2;. The predicted octanol–water partition coefficient (Wildman–Crippen LogP) is 3.15. The Morgan fingerprint density at radius 2 is 1.81 bits per heavy atom. The minimum Gasteiger partial charge on any atom is -0.360 e. The van der Waals surface area contributed by atoms with Gasteiger partial charge in [-0.2, -0.15) is 0 Å². The number of aryl methyl sites for hydroxylation is 1. The summed E-state index contributed by atoms with van der Waals surface area (Å²) in [5.41, 5.74) is 2.66. The van der Waals surface area contributed by atoms with Crippen LogP contribution in [0.3, 0.4) is 0 Å². The third kappa shape index (κ3) is 4.68. The van der Waals surface area contributed by atoms with E-state index in [9.17, 15) is 13.2 Å². The van der Waals surface area contributed by atoms with Gasteiger partial charge in [0.15, 0.2) is 0 Å². The Morgan fingerprint density at radius 1 is 1.15 bits per heavy atom. The molecule has 1 aromatic heterocycles. The molecule has 0 saturated heterocycles. The molecular weight excluding hydrogens is 375 g/mol. The maximum Gasteiger partial charge on any atom is 0.264 e. The molecule has 1 amide bonds. The number of hydrogen-bond acceptors (Lipinski definition) is 5. The van der Waals surface area contributed by atoms with E-state index in [2.05, 4.69) is 5.16 Å². The van der Waals surface area contributed by atoms with E-state index < -0.39 is 29.2 Å². The Kier molecular flexibility index (Phi) is 4.93. The molecule has 0 spiro atoms. The van der Waals surface area contributed by atoms with Gasteiger partial charge in [0.2, 0.25) is 5.91 Å². The number of nitrogens with one attached hydrogen (secondary N) is 1. The second-order valence-corrected chi connectivity index (χ2v) is 7.09. The zero-order valence-corrected chi connectivity index (χ0v) is 17.5. The predicted molar refractivity (Wildman–Crippen MR) is 103 cm³/mol. The van der Waals surface area contributed by atoms with E-state index in [1.165, 1.54) is 29.0 Å². The molecule has 27 heavy (non-hydrogen) atoms. The number of carbonyl (C=O) groups is 1. The first-order valence-electron chi connectivity index (χ1n) is 10.0. The molecule has 0 bridgehead atoms. The van der Waals surface area contributed by atoms with Crippen LogP contribution in [0.5, 0.6) is 0 Å². The number of aromatic nitrogens is 1. The van der Waals surface area contributed by atoms with Crippen LogP contribution in [0.4, 0.5) is 0 Å². The van der Waals surface area contributed by atoms with Crippen LogP contribution in [0.2, 0.25) is 0 Å². The van der Waals surface area contributed by atoms with E-state index in [1.807, 2.05) is 30.3 Å². The fourth-order valence-corrected chi connectivity index (χ4v) is 3.42. The summed E-state index contributed by atoms with van der Waals surface area (Å²) in [6.07, 6.45) is -3.37. The molecule has 135 valence electrons. The summed E-state index contributed by atoms with van der Waals surface area (Å²) in [6.45, 7) is -1.60. The number of rotatable bonds is 5. The second-order valence-electron chi connectivity index (χ2n) is 5.41. The van der Waals surface area contributed by atoms with Gasteiger partial charge in [0.05, 0.1) is 10.5 Å². The number of benzene rings is 2. The second kappa shape index (κ2) is 8.84. The average Bonchev–Trinajstić information content (AvgIpc) is 3.09. The van der Waals surface area contributed by atoms with Crippen molar-refractivity contribution in [1.29, 1.82) is 0 Å².